The van der Waals surface area contributed by atoms with Gasteiger partial charge >= 0.3 is 0 Å². The van der Waals surface area contributed by atoms with Gasteiger partial charge in [-0.3, -0.25) is 4.57 Å². The fourth-order valence-corrected chi connectivity index (χ4v) is 2.58. The third-order valence-electron chi connectivity index (χ3n) is 4.08. The predicted octanol–water partition coefficient (Wildman–Crippen LogP) is 3.00. The van der Waals surface area contributed by atoms with Crippen LogP contribution in [0.4, 0.5) is 17.5 Å². The fraction of sp³-hybridized carbons (Fsp3) is 0.278. The van der Waals surface area contributed by atoms with Gasteiger partial charge in [-0.25, -0.2) is 15.0 Å². The summed E-state index contributed by atoms with van der Waals surface area (Å²) in [6.07, 6.45) is 7.50. The molecule has 0 amide bonds. The monoisotopic (exact) mass is 352 g/mol. The summed E-state index contributed by atoms with van der Waals surface area (Å²) in [5.41, 5.74) is 0.805. The number of ether oxygens (including phenoxy) is 2. The van der Waals surface area contributed by atoms with Gasteiger partial charge in [0.2, 0.25) is 5.95 Å². The first-order valence-electron chi connectivity index (χ1n) is 8.37. The standard InChI is InChI=1S/C18H20N6O2/c1-25-14-7-13(8-15(9-14)26-2)23-18-19-5-6-24(18)17-10-16(20-11-21-17)22-12-3-4-12/h5-12H,3-4H2,1-2H3,(H,19,23)(H,20,21,22). The zero-order chi connectivity index (χ0) is 17.9. The molecular formula is C18H20N6O2. The van der Waals surface area contributed by atoms with E-state index in [4.69, 9.17) is 9.47 Å². The van der Waals surface area contributed by atoms with E-state index in [-0.39, 0.29) is 0 Å². The van der Waals surface area contributed by atoms with Crippen molar-refractivity contribution < 1.29 is 9.47 Å². The molecule has 8 nitrogen and oxygen atoms in total. The van der Waals surface area contributed by atoms with Crippen LogP contribution in [0.1, 0.15) is 12.8 Å². The normalized spacial score (nSPS) is 13.3. The highest BCUT2D eigenvalue weighted by Gasteiger charge is 2.21. The summed E-state index contributed by atoms with van der Waals surface area (Å²) in [5, 5.41) is 6.66. The number of hydrogen-bond acceptors (Lipinski definition) is 7. The number of nitrogens with one attached hydrogen (secondary N) is 2. The fourth-order valence-electron chi connectivity index (χ4n) is 2.58. The average molecular weight is 352 g/mol. The first-order chi connectivity index (χ1) is 12.7. The Bertz CT molecular complexity index is 884. The largest absolute Gasteiger partial charge is 0.497 e. The molecule has 1 aliphatic rings. The SMILES string of the molecule is COc1cc(Nc2nccn2-c2cc(NC3CC3)ncn2)cc(OC)c1. The molecule has 2 N–H and O–H groups in total. The molecule has 0 spiro atoms. The first kappa shape index (κ1) is 16.2. The first-order valence-corrected chi connectivity index (χ1v) is 8.37. The molecule has 8 heteroatoms. The summed E-state index contributed by atoms with van der Waals surface area (Å²) in [5.74, 6) is 3.58. The molecule has 2 heterocycles. The Morgan fingerprint density at radius 2 is 1.77 bits per heavy atom. The highest BCUT2D eigenvalue weighted by molar-refractivity contribution is 5.61. The highest BCUT2D eigenvalue weighted by Crippen LogP contribution is 2.28. The van der Waals surface area contributed by atoms with Crippen LogP contribution in [0.3, 0.4) is 0 Å². The number of benzene rings is 1. The summed E-state index contributed by atoms with van der Waals surface area (Å²) in [6, 6.07) is 8.01. The van der Waals surface area contributed by atoms with Crippen LogP contribution in [0.25, 0.3) is 5.82 Å². The lowest BCUT2D eigenvalue weighted by Gasteiger charge is -2.12. The topological polar surface area (TPSA) is 86.1 Å². The van der Waals surface area contributed by atoms with Crippen molar-refractivity contribution in [3.63, 3.8) is 0 Å². The molecule has 0 atom stereocenters. The Kier molecular flexibility index (Phi) is 4.30. The van der Waals surface area contributed by atoms with Crippen molar-refractivity contribution in [2.45, 2.75) is 18.9 Å². The van der Waals surface area contributed by atoms with Crippen LogP contribution >= 0.6 is 0 Å². The molecule has 4 rings (SSSR count). The summed E-state index contributed by atoms with van der Waals surface area (Å²) in [6.45, 7) is 0. The molecule has 0 unspecified atom stereocenters. The number of anilines is 3. The van der Waals surface area contributed by atoms with Gasteiger partial charge in [-0.05, 0) is 12.8 Å². The molecule has 0 bridgehead atoms. The van der Waals surface area contributed by atoms with Crippen LogP contribution < -0.4 is 20.1 Å². The number of hydrogen-bond donors (Lipinski definition) is 2. The van der Waals surface area contributed by atoms with Crippen LogP contribution in [0.5, 0.6) is 11.5 Å². The number of methoxy groups -OCH3 is 2. The second-order valence-corrected chi connectivity index (χ2v) is 6.03. The van der Waals surface area contributed by atoms with Crippen LogP contribution in [-0.2, 0) is 0 Å². The Labute approximate surface area is 151 Å². The van der Waals surface area contributed by atoms with E-state index in [1.165, 1.54) is 12.8 Å². The Morgan fingerprint density at radius 3 is 2.46 bits per heavy atom. The van der Waals surface area contributed by atoms with Crippen LogP contribution in [0.15, 0.2) is 43.0 Å². The van der Waals surface area contributed by atoms with Crippen molar-refractivity contribution in [3.05, 3.63) is 43.0 Å². The van der Waals surface area contributed by atoms with E-state index < -0.39 is 0 Å². The van der Waals surface area contributed by atoms with E-state index >= 15 is 0 Å². The van der Waals surface area contributed by atoms with Gasteiger partial charge in [-0.1, -0.05) is 0 Å². The second-order valence-electron chi connectivity index (χ2n) is 6.03. The van der Waals surface area contributed by atoms with E-state index in [0.717, 1.165) is 17.3 Å². The van der Waals surface area contributed by atoms with E-state index in [1.807, 2.05) is 35.0 Å². The molecule has 1 aliphatic carbocycles. The van der Waals surface area contributed by atoms with Crippen LogP contribution in [-0.4, -0.2) is 39.8 Å². The lowest BCUT2D eigenvalue weighted by molar-refractivity contribution is 0.395. The van der Waals surface area contributed by atoms with Gasteiger partial charge in [0.15, 0.2) is 0 Å². The van der Waals surface area contributed by atoms with Gasteiger partial charge in [0.1, 0.15) is 29.5 Å². The zero-order valence-corrected chi connectivity index (χ0v) is 14.6. The number of nitrogens with zero attached hydrogens (tertiary/aromatic N) is 4. The quantitative estimate of drug-likeness (QED) is 0.676. The molecule has 1 saturated carbocycles. The third kappa shape index (κ3) is 3.53. The molecule has 0 saturated heterocycles. The summed E-state index contributed by atoms with van der Waals surface area (Å²) >= 11 is 0. The Hall–Kier alpha value is -3.29. The van der Waals surface area contributed by atoms with Crippen molar-refractivity contribution in [2.24, 2.45) is 0 Å². The second kappa shape index (κ2) is 6.91. The van der Waals surface area contributed by atoms with Crippen LogP contribution in [0, 0.1) is 0 Å². The Balaban J connectivity index is 1.61. The smallest absolute Gasteiger partial charge is 0.213 e. The van der Waals surface area contributed by atoms with Gasteiger partial charge in [-0.15, -0.1) is 0 Å². The van der Waals surface area contributed by atoms with Crippen LogP contribution in [0.2, 0.25) is 0 Å². The zero-order valence-electron chi connectivity index (χ0n) is 14.6. The molecule has 26 heavy (non-hydrogen) atoms. The van der Waals surface area contributed by atoms with Gasteiger partial charge in [-0.2, -0.15) is 0 Å². The molecular weight excluding hydrogens is 332 g/mol. The third-order valence-corrected chi connectivity index (χ3v) is 4.08. The van der Waals surface area contributed by atoms with E-state index in [2.05, 4.69) is 25.6 Å². The highest BCUT2D eigenvalue weighted by atomic mass is 16.5. The van der Waals surface area contributed by atoms with Crippen molar-refractivity contribution >= 4 is 17.5 Å². The molecule has 1 aromatic carbocycles. The van der Waals surface area contributed by atoms with Crippen molar-refractivity contribution in [1.29, 1.82) is 0 Å². The van der Waals surface area contributed by atoms with Crippen molar-refractivity contribution in [3.8, 4) is 17.3 Å². The van der Waals surface area contributed by atoms with Gasteiger partial charge in [0, 0.05) is 48.4 Å². The molecule has 0 radical (unpaired) electrons. The van der Waals surface area contributed by atoms with E-state index in [9.17, 15) is 0 Å². The van der Waals surface area contributed by atoms with Crippen molar-refractivity contribution in [2.75, 3.05) is 24.9 Å². The summed E-state index contributed by atoms with van der Waals surface area (Å²) in [4.78, 5) is 13.0. The summed E-state index contributed by atoms with van der Waals surface area (Å²) < 4.78 is 12.5. The molecule has 2 aromatic heterocycles. The molecule has 0 aliphatic heterocycles. The number of imidazole rings is 1. The predicted molar refractivity (Wildman–Crippen MR) is 98.6 cm³/mol. The minimum absolute atomic E-state index is 0.530. The van der Waals surface area contributed by atoms with Gasteiger partial charge in [0.25, 0.3) is 0 Å². The van der Waals surface area contributed by atoms with Gasteiger partial charge in [0.05, 0.1) is 14.2 Å². The Morgan fingerprint density at radius 1 is 1.00 bits per heavy atom. The molecule has 134 valence electrons. The van der Waals surface area contributed by atoms with E-state index in [1.54, 1.807) is 26.7 Å². The maximum Gasteiger partial charge on any atom is 0.213 e. The minimum Gasteiger partial charge on any atom is -0.497 e. The maximum atomic E-state index is 5.31. The summed E-state index contributed by atoms with van der Waals surface area (Å²) in [7, 11) is 3.24. The number of rotatable bonds is 7. The lowest BCUT2D eigenvalue weighted by atomic mass is 10.3. The maximum absolute atomic E-state index is 5.31. The van der Waals surface area contributed by atoms with E-state index in [0.29, 0.717) is 23.5 Å². The van der Waals surface area contributed by atoms with Gasteiger partial charge < -0.3 is 20.1 Å². The van der Waals surface area contributed by atoms with Crippen molar-refractivity contribution in [1.82, 2.24) is 19.5 Å². The molecule has 3 aromatic rings. The minimum atomic E-state index is 0.530. The lowest BCUT2D eigenvalue weighted by Crippen LogP contribution is -2.07. The average Bonchev–Trinajstić information content (AvgIpc) is 3.36. The molecule has 1 fully saturated rings. The number of aromatic nitrogens is 4.